The average molecular weight is 565 g/mol. The molecule has 1 N–H and O–H groups in total. The summed E-state index contributed by atoms with van der Waals surface area (Å²) in [5.74, 6) is -2.13. The highest BCUT2D eigenvalue weighted by molar-refractivity contribution is 8.00. The summed E-state index contributed by atoms with van der Waals surface area (Å²) in [6, 6.07) is 9.64. The Morgan fingerprint density at radius 3 is 2.47 bits per heavy atom. The second-order valence-electron chi connectivity index (χ2n) is 9.39. The van der Waals surface area contributed by atoms with Gasteiger partial charge in [-0.3, -0.25) is 14.4 Å². The van der Waals surface area contributed by atoms with E-state index in [0.717, 1.165) is 35.2 Å². The first-order valence-electron chi connectivity index (χ1n) is 11.8. The molecule has 0 saturated carbocycles. The Balaban J connectivity index is 1.62. The second-order valence-corrected chi connectivity index (χ2v) is 11.6. The molecule has 200 valence electrons. The fourth-order valence-corrected chi connectivity index (χ4v) is 7.29. The summed E-state index contributed by atoms with van der Waals surface area (Å²) < 4.78 is 52.7. The number of anilines is 1. The fraction of sp³-hybridized carbons (Fsp3) is 0.346. The van der Waals surface area contributed by atoms with Gasteiger partial charge in [-0.15, -0.1) is 0 Å². The van der Waals surface area contributed by atoms with Crippen LogP contribution in [0.2, 0.25) is 0 Å². The molecule has 7 nitrogen and oxygen atoms in total. The highest BCUT2D eigenvalue weighted by Gasteiger charge is 2.57. The number of nitrogens with zero attached hydrogens (tertiary/aromatic N) is 1. The van der Waals surface area contributed by atoms with Crippen LogP contribution >= 0.6 is 23.1 Å². The number of amides is 2. The molecule has 3 aromatic rings. The number of benzene rings is 2. The predicted octanol–water partition coefficient (Wildman–Crippen LogP) is 5.29. The number of rotatable bonds is 6. The first-order valence-corrected chi connectivity index (χ1v) is 13.4. The van der Waals surface area contributed by atoms with Crippen LogP contribution in [0, 0.1) is 11.8 Å². The summed E-state index contributed by atoms with van der Waals surface area (Å²) in [5.41, 5.74) is -0.994. The van der Waals surface area contributed by atoms with Gasteiger partial charge in [0.15, 0.2) is 11.5 Å². The lowest BCUT2D eigenvalue weighted by Crippen LogP contribution is -2.33. The van der Waals surface area contributed by atoms with E-state index < -0.39 is 46.3 Å². The summed E-state index contributed by atoms with van der Waals surface area (Å²) in [5, 5.41) is -0.591. The molecule has 12 heteroatoms. The fourth-order valence-electron chi connectivity index (χ4n) is 4.78. The summed E-state index contributed by atoms with van der Waals surface area (Å²) in [6.45, 7) is 4.45. The number of hydrogen-bond acceptors (Lipinski definition) is 7. The maximum atomic E-state index is 13.8. The van der Waals surface area contributed by atoms with Crippen molar-refractivity contribution >= 4 is 40.6 Å². The van der Waals surface area contributed by atoms with Crippen LogP contribution in [-0.2, 0) is 15.8 Å². The molecule has 3 atom stereocenters. The van der Waals surface area contributed by atoms with Crippen LogP contribution in [0.4, 0.5) is 18.9 Å². The number of aromatic amines is 1. The number of methoxy groups -OCH3 is 1. The van der Waals surface area contributed by atoms with Crippen LogP contribution in [-0.4, -0.2) is 35.8 Å². The molecule has 0 aliphatic carbocycles. The maximum Gasteiger partial charge on any atom is 0.418 e. The molecule has 1 aromatic heterocycles. The van der Waals surface area contributed by atoms with Gasteiger partial charge in [-0.25, -0.2) is 4.90 Å². The van der Waals surface area contributed by atoms with Crippen molar-refractivity contribution < 1.29 is 32.2 Å². The Labute approximate surface area is 223 Å². The smallest absolute Gasteiger partial charge is 0.418 e. The Kier molecular flexibility index (Phi) is 6.80. The number of para-hydroxylation sites is 1. The largest absolute Gasteiger partial charge is 0.493 e. The predicted molar refractivity (Wildman–Crippen MR) is 137 cm³/mol. The number of carbonyl (C=O) groups excluding carboxylic acids is 2. The minimum Gasteiger partial charge on any atom is -0.493 e. The topological polar surface area (TPSA) is 88.7 Å². The van der Waals surface area contributed by atoms with Crippen molar-refractivity contribution in [3.63, 3.8) is 0 Å². The SMILES string of the molecule is COc1cc([C@H]2c3sc(=O)[nH]c3SC3C(=O)N(c4ccccc4C(F)(F)F)C(=O)C32)ccc1OCC(C)C. The van der Waals surface area contributed by atoms with Crippen LogP contribution in [0.5, 0.6) is 11.5 Å². The number of halogens is 3. The lowest BCUT2D eigenvalue weighted by Gasteiger charge is -2.30. The molecule has 3 heterocycles. The molecule has 2 aliphatic rings. The van der Waals surface area contributed by atoms with E-state index in [2.05, 4.69) is 4.98 Å². The zero-order chi connectivity index (χ0) is 27.4. The molecular weight excluding hydrogens is 541 g/mol. The van der Waals surface area contributed by atoms with Crippen LogP contribution in [0.1, 0.15) is 35.8 Å². The molecule has 1 fully saturated rings. The highest BCUT2D eigenvalue weighted by atomic mass is 32.2. The Morgan fingerprint density at radius 1 is 1.05 bits per heavy atom. The number of thiazole rings is 1. The van der Waals surface area contributed by atoms with E-state index in [0.29, 0.717) is 38.5 Å². The van der Waals surface area contributed by atoms with Gasteiger partial charge in [0.25, 0.3) is 0 Å². The van der Waals surface area contributed by atoms with Crippen LogP contribution in [0.15, 0.2) is 52.3 Å². The minimum absolute atomic E-state index is 0.267. The molecular formula is C26H23F3N2O5S2. The van der Waals surface area contributed by atoms with Gasteiger partial charge < -0.3 is 14.5 Å². The molecule has 5 rings (SSSR count). The number of fused-ring (bicyclic) bond motifs is 2. The Bertz CT molecular complexity index is 1470. The van der Waals surface area contributed by atoms with Gasteiger partial charge in [0, 0.05) is 10.8 Å². The number of carbonyl (C=O) groups is 2. The lowest BCUT2D eigenvalue weighted by atomic mass is 9.83. The van der Waals surface area contributed by atoms with Gasteiger partial charge in [-0.2, -0.15) is 13.2 Å². The number of ether oxygens (including phenoxy) is 2. The molecule has 38 heavy (non-hydrogen) atoms. The van der Waals surface area contributed by atoms with E-state index in [4.69, 9.17) is 9.47 Å². The van der Waals surface area contributed by atoms with Gasteiger partial charge in [0.2, 0.25) is 11.8 Å². The number of hydrogen-bond donors (Lipinski definition) is 1. The molecule has 2 aromatic carbocycles. The molecule has 0 radical (unpaired) electrons. The summed E-state index contributed by atoms with van der Waals surface area (Å²) >= 11 is 1.92. The monoisotopic (exact) mass is 564 g/mol. The van der Waals surface area contributed by atoms with E-state index >= 15 is 0 Å². The zero-order valence-corrected chi connectivity index (χ0v) is 22.1. The number of imide groups is 1. The molecule has 1 saturated heterocycles. The van der Waals surface area contributed by atoms with E-state index in [1.165, 1.54) is 19.2 Å². The first-order chi connectivity index (χ1) is 18.0. The highest BCUT2D eigenvalue weighted by Crippen LogP contribution is 2.54. The van der Waals surface area contributed by atoms with Crippen LogP contribution in [0.25, 0.3) is 0 Å². The number of thioether (sulfide) groups is 1. The Hall–Kier alpha value is -3.25. The quantitative estimate of drug-likeness (QED) is 0.409. The van der Waals surface area contributed by atoms with Crippen molar-refractivity contribution in [2.45, 2.75) is 36.2 Å². The third kappa shape index (κ3) is 4.49. The van der Waals surface area contributed by atoms with Gasteiger partial charge in [0.1, 0.15) is 5.25 Å². The Morgan fingerprint density at radius 2 is 1.79 bits per heavy atom. The normalized spacial score (nSPS) is 21.0. The van der Waals surface area contributed by atoms with Crippen molar-refractivity contribution in [2.75, 3.05) is 18.6 Å². The number of nitrogens with one attached hydrogen (secondary N) is 1. The third-order valence-electron chi connectivity index (χ3n) is 6.39. The summed E-state index contributed by atoms with van der Waals surface area (Å²) in [6.07, 6.45) is -4.76. The first kappa shape index (κ1) is 26.4. The van der Waals surface area contributed by atoms with E-state index in [-0.39, 0.29) is 10.8 Å². The van der Waals surface area contributed by atoms with Gasteiger partial charge in [-0.05, 0) is 35.7 Å². The van der Waals surface area contributed by atoms with Gasteiger partial charge in [-0.1, -0.05) is 55.1 Å². The molecule has 2 aliphatic heterocycles. The summed E-state index contributed by atoms with van der Waals surface area (Å²) in [7, 11) is 1.47. The number of aromatic nitrogens is 1. The molecule has 0 bridgehead atoms. The minimum atomic E-state index is -4.76. The third-order valence-corrected chi connectivity index (χ3v) is 8.79. The summed E-state index contributed by atoms with van der Waals surface area (Å²) in [4.78, 5) is 43.2. The molecule has 2 amide bonds. The number of H-pyrrole nitrogens is 1. The van der Waals surface area contributed by atoms with Crippen molar-refractivity contribution in [3.05, 3.63) is 68.1 Å². The number of alkyl halides is 3. The van der Waals surface area contributed by atoms with E-state index in [1.54, 1.807) is 18.2 Å². The van der Waals surface area contributed by atoms with Crippen molar-refractivity contribution in [3.8, 4) is 11.5 Å². The molecule has 0 spiro atoms. The van der Waals surface area contributed by atoms with Crippen LogP contribution < -0.4 is 19.2 Å². The standard InChI is InChI=1S/C26H23F3N2O5S2/c1-12(2)11-36-16-9-8-13(10-17(16)35-3)18-19-21(37-22-20(18)38-25(34)30-22)24(33)31(23(19)32)15-7-5-4-6-14(15)26(27,28)29/h4-10,12,18-19,21H,11H2,1-3H3,(H,30,34)/t18-,19?,21?/m1/s1. The van der Waals surface area contributed by atoms with Crippen molar-refractivity contribution in [1.82, 2.24) is 4.98 Å². The molecule has 2 unspecified atom stereocenters. The van der Waals surface area contributed by atoms with Crippen LogP contribution in [0.3, 0.4) is 0 Å². The van der Waals surface area contributed by atoms with Crippen molar-refractivity contribution in [2.24, 2.45) is 11.8 Å². The zero-order valence-electron chi connectivity index (χ0n) is 20.5. The lowest BCUT2D eigenvalue weighted by molar-refractivity contribution is -0.137. The maximum absolute atomic E-state index is 13.8. The van der Waals surface area contributed by atoms with Crippen molar-refractivity contribution in [1.29, 1.82) is 0 Å². The van der Waals surface area contributed by atoms with E-state index in [9.17, 15) is 27.6 Å². The average Bonchev–Trinajstić information content (AvgIpc) is 3.36. The van der Waals surface area contributed by atoms with Gasteiger partial charge >= 0.3 is 11.0 Å². The van der Waals surface area contributed by atoms with E-state index in [1.807, 2.05) is 13.8 Å². The second kappa shape index (κ2) is 9.81. The van der Waals surface area contributed by atoms with Gasteiger partial charge in [0.05, 0.1) is 35.9 Å².